The summed E-state index contributed by atoms with van der Waals surface area (Å²) < 4.78 is 16.2. The van der Waals surface area contributed by atoms with E-state index in [1.54, 1.807) is 0 Å². The summed E-state index contributed by atoms with van der Waals surface area (Å²) in [6.07, 6.45) is 0.494. The van der Waals surface area contributed by atoms with Crippen molar-refractivity contribution in [2.75, 3.05) is 7.11 Å². The third-order valence-electron chi connectivity index (χ3n) is 5.02. The van der Waals surface area contributed by atoms with Gasteiger partial charge >= 0.3 is 11.9 Å². The van der Waals surface area contributed by atoms with E-state index in [9.17, 15) is 9.59 Å². The second-order valence-corrected chi connectivity index (χ2v) is 6.82. The Balaban J connectivity index is 1.66. The maximum Gasteiger partial charge on any atom is 0.347 e. The number of rotatable bonds is 4. The number of nitrogens with one attached hydrogen (secondary N) is 1. The average molecular weight is 379 g/mol. The number of carbonyl (C=O) groups is 2. The van der Waals surface area contributed by atoms with Crippen LogP contribution in [0.5, 0.6) is 5.75 Å². The van der Waals surface area contributed by atoms with Gasteiger partial charge in [0.25, 0.3) is 0 Å². The maximum absolute atomic E-state index is 12.9. The lowest BCUT2D eigenvalue weighted by Gasteiger charge is -2.25. The van der Waals surface area contributed by atoms with Gasteiger partial charge in [-0.15, -0.1) is 0 Å². The SMILES string of the molecule is COC(=O)C1CCc2c(ccc3[nH]c(C)c(C(=O)OCc4ccccc4)c23)O1. The van der Waals surface area contributed by atoms with Gasteiger partial charge in [0.2, 0.25) is 0 Å². The van der Waals surface area contributed by atoms with E-state index in [1.165, 1.54) is 7.11 Å². The molecule has 1 aromatic heterocycles. The molecular weight excluding hydrogens is 358 g/mol. The van der Waals surface area contributed by atoms with Crippen molar-refractivity contribution in [3.05, 3.63) is 64.8 Å². The molecule has 6 heteroatoms. The highest BCUT2D eigenvalue weighted by Crippen LogP contribution is 2.37. The van der Waals surface area contributed by atoms with Crippen LogP contribution in [-0.4, -0.2) is 30.1 Å². The van der Waals surface area contributed by atoms with Gasteiger partial charge in [0.15, 0.2) is 6.10 Å². The van der Waals surface area contributed by atoms with Gasteiger partial charge in [-0.1, -0.05) is 30.3 Å². The van der Waals surface area contributed by atoms with Crippen molar-refractivity contribution in [3.63, 3.8) is 0 Å². The number of ether oxygens (including phenoxy) is 3. The number of H-pyrrole nitrogens is 1. The number of esters is 2. The molecule has 0 amide bonds. The van der Waals surface area contributed by atoms with Gasteiger partial charge in [-0.25, -0.2) is 9.59 Å². The number of fused-ring (bicyclic) bond motifs is 3. The second kappa shape index (κ2) is 7.38. The zero-order chi connectivity index (χ0) is 19.7. The van der Waals surface area contributed by atoms with Gasteiger partial charge < -0.3 is 19.2 Å². The number of aryl methyl sites for hydroxylation is 2. The topological polar surface area (TPSA) is 77.6 Å². The van der Waals surface area contributed by atoms with E-state index in [0.717, 1.165) is 27.7 Å². The predicted molar refractivity (Wildman–Crippen MR) is 103 cm³/mol. The van der Waals surface area contributed by atoms with Crippen LogP contribution in [0, 0.1) is 6.92 Å². The monoisotopic (exact) mass is 379 g/mol. The summed E-state index contributed by atoms with van der Waals surface area (Å²) in [6, 6.07) is 13.2. The first-order valence-electron chi connectivity index (χ1n) is 9.18. The van der Waals surface area contributed by atoms with Crippen LogP contribution in [0.2, 0.25) is 0 Å². The molecule has 0 saturated carbocycles. The summed E-state index contributed by atoms with van der Waals surface area (Å²) in [5.74, 6) is -0.167. The van der Waals surface area contributed by atoms with E-state index < -0.39 is 12.1 Å². The zero-order valence-electron chi connectivity index (χ0n) is 15.8. The molecule has 1 N–H and O–H groups in total. The van der Waals surface area contributed by atoms with E-state index in [1.807, 2.05) is 49.4 Å². The van der Waals surface area contributed by atoms with Gasteiger partial charge in [-0.3, -0.25) is 0 Å². The normalized spacial score (nSPS) is 15.6. The molecule has 0 fully saturated rings. The van der Waals surface area contributed by atoms with E-state index in [4.69, 9.17) is 14.2 Å². The van der Waals surface area contributed by atoms with Crippen molar-refractivity contribution >= 4 is 22.8 Å². The lowest BCUT2D eigenvalue weighted by Crippen LogP contribution is -2.32. The molecule has 0 spiro atoms. The molecule has 1 aliphatic rings. The van der Waals surface area contributed by atoms with Crippen LogP contribution in [0.1, 0.15) is 33.6 Å². The minimum Gasteiger partial charge on any atom is -0.478 e. The molecule has 1 aliphatic heterocycles. The number of hydrogen-bond acceptors (Lipinski definition) is 5. The van der Waals surface area contributed by atoms with Crippen LogP contribution < -0.4 is 4.74 Å². The number of aromatic nitrogens is 1. The predicted octanol–water partition coefficient (Wildman–Crippen LogP) is 3.70. The number of aromatic amines is 1. The molecule has 6 nitrogen and oxygen atoms in total. The van der Waals surface area contributed by atoms with E-state index in [2.05, 4.69) is 4.98 Å². The van der Waals surface area contributed by atoms with Crippen molar-refractivity contribution in [2.24, 2.45) is 0 Å². The molecule has 4 rings (SSSR count). The fourth-order valence-electron chi connectivity index (χ4n) is 3.66. The molecule has 2 aromatic carbocycles. The van der Waals surface area contributed by atoms with Crippen LogP contribution in [0.25, 0.3) is 10.9 Å². The molecule has 0 bridgehead atoms. The van der Waals surface area contributed by atoms with Crippen LogP contribution >= 0.6 is 0 Å². The number of methoxy groups -OCH3 is 1. The van der Waals surface area contributed by atoms with Gasteiger partial charge in [0, 0.05) is 22.2 Å². The molecule has 1 atom stereocenters. The molecule has 2 heterocycles. The van der Waals surface area contributed by atoms with Crippen molar-refractivity contribution in [1.82, 2.24) is 4.98 Å². The van der Waals surface area contributed by atoms with E-state index in [-0.39, 0.29) is 12.6 Å². The Morgan fingerprint density at radius 3 is 2.71 bits per heavy atom. The fourth-order valence-corrected chi connectivity index (χ4v) is 3.66. The van der Waals surface area contributed by atoms with Gasteiger partial charge in [0.1, 0.15) is 12.4 Å². The quantitative estimate of drug-likeness (QED) is 0.700. The first kappa shape index (κ1) is 18.1. The first-order chi connectivity index (χ1) is 13.6. The average Bonchev–Trinajstić information content (AvgIpc) is 3.08. The summed E-state index contributed by atoms with van der Waals surface area (Å²) in [7, 11) is 1.35. The smallest absolute Gasteiger partial charge is 0.347 e. The summed E-state index contributed by atoms with van der Waals surface area (Å²) in [5.41, 5.74) is 3.95. The van der Waals surface area contributed by atoms with Crippen LogP contribution in [0.3, 0.4) is 0 Å². The molecule has 144 valence electrons. The lowest BCUT2D eigenvalue weighted by molar-refractivity contribution is -0.149. The van der Waals surface area contributed by atoms with Crippen molar-refractivity contribution in [1.29, 1.82) is 0 Å². The Morgan fingerprint density at radius 1 is 1.18 bits per heavy atom. The fraction of sp³-hybridized carbons (Fsp3) is 0.273. The first-order valence-corrected chi connectivity index (χ1v) is 9.18. The lowest BCUT2D eigenvalue weighted by atomic mass is 9.96. The van der Waals surface area contributed by atoms with E-state index >= 15 is 0 Å². The summed E-state index contributed by atoms with van der Waals surface area (Å²) in [4.78, 5) is 27.9. The molecule has 0 radical (unpaired) electrons. The molecule has 0 aliphatic carbocycles. The van der Waals surface area contributed by atoms with Gasteiger partial charge in [-0.2, -0.15) is 0 Å². The van der Waals surface area contributed by atoms with Crippen molar-refractivity contribution in [2.45, 2.75) is 32.5 Å². The summed E-state index contributed by atoms with van der Waals surface area (Å²) in [5, 5.41) is 0.802. The Kier molecular flexibility index (Phi) is 4.77. The van der Waals surface area contributed by atoms with E-state index in [0.29, 0.717) is 24.2 Å². The van der Waals surface area contributed by atoms with Crippen LogP contribution in [0.4, 0.5) is 0 Å². The standard InChI is InChI=1S/C22H21NO5/c1-13-19(22(25)27-12-14-6-4-3-5-7-14)20-15-8-10-18(21(24)26-2)28-17(15)11-9-16(20)23-13/h3-7,9,11,18,23H,8,10,12H2,1-2H3. The second-order valence-electron chi connectivity index (χ2n) is 6.82. The molecule has 0 saturated heterocycles. The Labute approximate surface area is 162 Å². The van der Waals surface area contributed by atoms with Crippen molar-refractivity contribution in [3.8, 4) is 5.75 Å². The zero-order valence-corrected chi connectivity index (χ0v) is 15.8. The van der Waals surface area contributed by atoms with Gasteiger partial charge in [0.05, 0.1) is 12.7 Å². The Bertz CT molecular complexity index is 1040. The Hall–Kier alpha value is -3.28. The number of carbonyl (C=O) groups excluding carboxylic acids is 2. The molecule has 28 heavy (non-hydrogen) atoms. The highest BCUT2D eigenvalue weighted by Gasteiger charge is 2.30. The van der Waals surface area contributed by atoms with Gasteiger partial charge in [-0.05, 0) is 37.5 Å². The maximum atomic E-state index is 12.9. The number of hydrogen-bond donors (Lipinski definition) is 1. The largest absolute Gasteiger partial charge is 0.478 e. The molecule has 1 unspecified atom stereocenters. The highest BCUT2D eigenvalue weighted by atomic mass is 16.6. The molecular formula is C22H21NO5. The minimum absolute atomic E-state index is 0.210. The minimum atomic E-state index is -0.622. The number of benzene rings is 2. The van der Waals surface area contributed by atoms with Crippen LogP contribution in [-0.2, 0) is 27.3 Å². The summed E-state index contributed by atoms with van der Waals surface area (Å²) >= 11 is 0. The van der Waals surface area contributed by atoms with Crippen LogP contribution in [0.15, 0.2) is 42.5 Å². The van der Waals surface area contributed by atoms with Crippen molar-refractivity contribution < 1.29 is 23.8 Å². The molecule has 3 aromatic rings. The Morgan fingerprint density at radius 2 is 1.96 bits per heavy atom. The highest BCUT2D eigenvalue weighted by molar-refractivity contribution is 6.07. The summed E-state index contributed by atoms with van der Waals surface area (Å²) in [6.45, 7) is 2.06. The third kappa shape index (κ3) is 3.22. The third-order valence-corrected chi connectivity index (χ3v) is 5.02.